The van der Waals surface area contributed by atoms with Crippen molar-refractivity contribution >= 4 is 29.2 Å². The van der Waals surface area contributed by atoms with Gasteiger partial charge in [-0.25, -0.2) is 9.37 Å². The van der Waals surface area contributed by atoms with Gasteiger partial charge in [0.05, 0.1) is 12.0 Å². The van der Waals surface area contributed by atoms with Crippen molar-refractivity contribution in [1.29, 1.82) is 0 Å². The molecule has 7 nitrogen and oxygen atoms in total. The van der Waals surface area contributed by atoms with Crippen LogP contribution in [0, 0.1) is 5.82 Å². The molecule has 0 atom stereocenters. The van der Waals surface area contributed by atoms with Crippen LogP contribution in [0.4, 0.5) is 10.2 Å². The van der Waals surface area contributed by atoms with Crippen LogP contribution in [-0.2, 0) is 16.0 Å². The summed E-state index contributed by atoms with van der Waals surface area (Å²) in [5, 5.41) is 3.11. The SMILES string of the molecule is CCOCCCNC(=O)c1ccc(N2CCN(C(=O)Cc3c(F)cccc3Cl)CC2)nc1. The number of nitrogens with zero attached hydrogens (tertiary/aromatic N) is 3. The molecule has 0 radical (unpaired) electrons. The monoisotopic (exact) mass is 462 g/mol. The number of aromatic nitrogens is 1. The number of hydrogen-bond donors (Lipinski definition) is 1. The number of rotatable bonds is 9. The highest BCUT2D eigenvalue weighted by molar-refractivity contribution is 6.31. The molecular weight excluding hydrogens is 435 g/mol. The van der Waals surface area contributed by atoms with Gasteiger partial charge in [-0.3, -0.25) is 9.59 Å². The van der Waals surface area contributed by atoms with E-state index in [1.54, 1.807) is 23.2 Å². The predicted molar refractivity (Wildman–Crippen MR) is 122 cm³/mol. The lowest BCUT2D eigenvalue weighted by molar-refractivity contribution is -0.130. The second kappa shape index (κ2) is 11.8. The number of hydrogen-bond acceptors (Lipinski definition) is 5. The number of carbonyl (C=O) groups is 2. The number of halogens is 2. The third-order valence-corrected chi connectivity index (χ3v) is 5.67. The van der Waals surface area contributed by atoms with Crippen LogP contribution in [0.15, 0.2) is 36.5 Å². The molecule has 0 bridgehead atoms. The van der Waals surface area contributed by atoms with Crippen LogP contribution in [-0.4, -0.2) is 67.6 Å². The highest BCUT2D eigenvalue weighted by Crippen LogP contribution is 2.21. The molecule has 1 aromatic heterocycles. The molecule has 1 saturated heterocycles. The first kappa shape index (κ1) is 23.9. The van der Waals surface area contributed by atoms with Gasteiger partial charge in [-0.2, -0.15) is 0 Å². The average Bonchev–Trinajstić information content (AvgIpc) is 2.81. The molecule has 1 N–H and O–H groups in total. The molecule has 0 aliphatic carbocycles. The van der Waals surface area contributed by atoms with Crippen LogP contribution in [0.2, 0.25) is 5.02 Å². The summed E-state index contributed by atoms with van der Waals surface area (Å²) >= 11 is 6.04. The Balaban J connectivity index is 1.47. The number of pyridine rings is 1. The Morgan fingerprint density at radius 3 is 2.62 bits per heavy atom. The molecule has 1 aromatic carbocycles. The molecule has 1 aliphatic heterocycles. The largest absolute Gasteiger partial charge is 0.382 e. The van der Waals surface area contributed by atoms with Crippen molar-refractivity contribution in [3.05, 3.63) is 58.5 Å². The Hall–Kier alpha value is -2.71. The molecule has 2 aromatic rings. The standard InChI is InChI=1S/C23H28ClFN4O3/c1-2-32-14-4-9-26-23(31)17-7-8-21(27-16-17)28-10-12-29(13-11-28)22(30)15-18-19(24)5-3-6-20(18)25/h3,5-8,16H,2,4,9-15H2,1H3,(H,26,31). The topological polar surface area (TPSA) is 74.8 Å². The lowest BCUT2D eigenvalue weighted by atomic mass is 10.1. The Bertz CT molecular complexity index is 898. The van der Waals surface area contributed by atoms with Crippen molar-refractivity contribution in [1.82, 2.24) is 15.2 Å². The first-order chi connectivity index (χ1) is 15.5. The van der Waals surface area contributed by atoms with Crippen molar-refractivity contribution < 1.29 is 18.7 Å². The molecule has 1 aliphatic rings. The number of amides is 2. The fourth-order valence-corrected chi connectivity index (χ4v) is 3.71. The van der Waals surface area contributed by atoms with E-state index in [1.165, 1.54) is 12.1 Å². The van der Waals surface area contributed by atoms with Crippen LogP contribution in [0.5, 0.6) is 0 Å². The third-order valence-electron chi connectivity index (χ3n) is 5.31. The molecule has 1 fully saturated rings. The average molecular weight is 463 g/mol. The van der Waals surface area contributed by atoms with E-state index in [-0.39, 0.29) is 28.8 Å². The van der Waals surface area contributed by atoms with E-state index >= 15 is 0 Å². The van der Waals surface area contributed by atoms with Gasteiger partial charge in [0, 0.05) is 62.7 Å². The minimum absolute atomic E-state index is 0.0574. The van der Waals surface area contributed by atoms with E-state index in [2.05, 4.69) is 15.2 Å². The van der Waals surface area contributed by atoms with Crippen LogP contribution in [0.3, 0.4) is 0 Å². The fourth-order valence-electron chi connectivity index (χ4n) is 3.48. The van der Waals surface area contributed by atoms with Gasteiger partial charge < -0.3 is 19.9 Å². The molecule has 32 heavy (non-hydrogen) atoms. The van der Waals surface area contributed by atoms with Gasteiger partial charge in [0.2, 0.25) is 5.91 Å². The number of anilines is 1. The molecule has 0 spiro atoms. The van der Waals surface area contributed by atoms with E-state index in [9.17, 15) is 14.0 Å². The van der Waals surface area contributed by atoms with Crippen LogP contribution in [0.1, 0.15) is 29.3 Å². The maximum Gasteiger partial charge on any atom is 0.252 e. The van der Waals surface area contributed by atoms with E-state index in [0.29, 0.717) is 51.5 Å². The molecular formula is C23H28ClFN4O3. The fraction of sp³-hybridized carbons (Fsp3) is 0.435. The van der Waals surface area contributed by atoms with Crippen LogP contribution >= 0.6 is 11.6 Å². The first-order valence-electron chi connectivity index (χ1n) is 10.8. The summed E-state index contributed by atoms with van der Waals surface area (Å²) in [4.78, 5) is 33.0. The molecule has 172 valence electrons. The van der Waals surface area contributed by atoms with E-state index in [0.717, 1.165) is 12.2 Å². The summed E-state index contributed by atoms with van der Waals surface area (Å²) in [6.07, 6.45) is 2.26. The van der Waals surface area contributed by atoms with Crippen molar-refractivity contribution in [2.24, 2.45) is 0 Å². The maximum absolute atomic E-state index is 14.0. The zero-order valence-corrected chi connectivity index (χ0v) is 18.9. The van der Waals surface area contributed by atoms with Crippen LogP contribution < -0.4 is 10.2 Å². The zero-order chi connectivity index (χ0) is 22.9. The summed E-state index contributed by atoms with van der Waals surface area (Å²) in [6.45, 7) is 6.00. The Kier molecular flexibility index (Phi) is 8.81. The number of ether oxygens (including phenoxy) is 1. The summed E-state index contributed by atoms with van der Waals surface area (Å²) in [5.74, 6) is -0.0296. The summed E-state index contributed by atoms with van der Waals surface area (Å²) in [5.41, 5.74) is 0.732. The van der Waals surface area contributed by atoms with Gasteiger partial charge in [-0.1, -0.05) is 17.7 Å². The van der Waals surface area contributed by atoms with Crippen molar-refractivity contribution in [2.75, 3.05) is 50.8 Å². The Morgan fingerprint density at radius 1 is 1.19 bits per heavy atom. The quantitative estimate of drug-likeness (QED) is 0.580. The molecule has 0 saturated carbocycles. The maximum atomic E-state index is 14.0. The summed E-state index contributed by atoms with van der Waals surface area (Å²) < 4.78 is 19.2. The van der Waals surface area contributed by atoms with E-state index in [1.807, 2.05) is 13.0 Å². The normalized spacial score (nSPS) is 13.8. The number of carbonyl (C=O) groups excluding carboxylic acids is 2. The lowest BCUT2D eigenvalue weighted by Crippen LogP contribution is -2.49. The first-order valence-corrected chi connectivity index (χ1v) is 11.1. The Morgan fingerprint density at radius 2 is 1.97 bits per heavy atom. The predicted octanol–water partition coefficient (Wildman–Crippen LogP) is 2.92. The zero-order valence-electron chi connectivity index (χ0n) is 18.2. The minimum atomic E-state index is -0.466. The second-order valence-corrected chi connectivity index (χ2v) is 7.86. The summed E-state index contributed by atoms with van der Waals surface area (Å²) in [7, 11) is 0. The highest BCUT2D eigenvalue weighted by Gasteiger charge is 2.23. The number of benzene rings is 1. The molecule has 2 heterocycles. The van der Waals surface area contributed by atoms with Crippen molar-refractivity contribution in [3.8, 4) is 0 Å². The van der Waals surface area contributed by atoms with Gasteiger partial charge in [0.1, 0.15) is 11.6 Å². The smallest absolute Gasteiger partial charge is 0.252 e. The van der Waals surface area contributed by atoms with E-state index in [4.69, 9.17) is 16.3 Å². The number of piperazine rings is 1. The minimum Gasteiger partial charge on any atom is -0.382 e. The van der Waals surface area contributed by atoms with Crippen molar-refractivity contribution in [2.45, 2.75) is 19.8 Å². The van der Waals surface area contributed by atoms with Crippen molar-refractivity contribution in [3.63, 3.8) is 0 Å². The molecule has 3 rings (SSSR count). The van der Waals surface area contributed by atoms with Gasteiger partial charge in [0.25, 0.3) is 5.91 Å². The van der Waals surface area contributed by atoms with Gasteiger partial charge >= 0.3 is 0 Å². The number of nitrogens with one attached hydrogen (secondary N) is 1. The van der Waals surface area contributed by atoms with Gasteiger partial charge in [0.15, 0.2) is 0 Å². The van der Waals surface area contributed by atoms with E-state index < -0.39 is 5.82 Å². The van der Waals surface area contributed by atoms with Crippen LogP contribution in [0.25, 0.3) is 0 Å². The highest BCUT2D eigenvalue weighted by atomic mass is 35.5. The molecule has 9 heteroatoms. The molecule has 0 unspecified atom stereocenters. The lowest BCUT2D eigenvalue weighted by Gasteiger charge is -2.35. The summed E-state index contributed by atoms with van der Waals surface area (Å²) in [6, 6.07) is 7.98. The third kappa shape index (κ3) is 6.40. The second-order valence-electron chi connectivity index (χ2n) is 7.46. The van der Waals surface area contributed by atoms with Gasteiger partial charge in [-0.05, 0) is 37.6 Å². The molecule has 2 amide bonds. The van der Waals surface area contributed by atoms with Gasteiger partial charge in [-0.15, -0.1) is 0 Å². The Labute approximate surface area is 192 Å².